The van der Waals surface area contributed by atoms with E-state index in [2.05, 4.69) is 5.32 Å². The van der Waals surface area contributed by atoms with E-state index in [1.54, 1.807) is 30.3 Å². The van der Waals surface area contributed by atoms with E-state index >= 15 is 0 Å². The normalized spacial score (nSPS) is 11.9. The highest BCUT2D eigenvalue weighted by molar-refractivity contribution is 6.30. The van der Waals surface area contributed by atoms with Crippen LogP contribution < -0.4 is 10.1 Å². The van der Waals surface area contributed by atoms with Gasteiger partial charge in [-0.1, -0.05) is 48.0 Å². The second-order valence-electron chi connectivity index (χ2n) is 6.63. The number of nitrogens with one attached hydrogen (secondary N) is 1. The molecule has 0 saturated heterocycles. The summed E-state index contributed by atoms with van der Waals surface area (Å²) in [5.74, 6) is 1.03. The number of phenolic OH excluding ortho intramolecular Hbond substituents is 1. The second kappa shape index (κ2) is 10.1. The predicted molar refractivity (Wildman–Crippen MR) is 112 cm³/mol. The van der Waals surface area contributed by atoms with Crippen molar-refractivity contribution in [2.75, 3.05) is 13.1 Å². The van der Waals surface area contributed by atoms with Crippen LogP contribution in [0.15, 0.2) is 72.8 Å². The Bertz CT molecular complexity index is 883. The fourth-order valence-corrected chi connectivity index (χ4v) is 3.07. The van der Waals surface area contributed by atoms with Crippen LogP contribution in [0.1, 0.15) is 22.8 Å². The molecule has 3 rings (SSSR count). The van der Waals surface area contributed by atoms with Gasteiger partial charge in [-0.3, -0.25) is 0 Å². The van der Waals surface area contributed by atoms with Crippen molar-refractivity contribution < 1.29 is 14.9 Å². The van der Waals surface area contributed by atoms with Crippen molar-refractivity contribution in [3.63, 3.8) is 0 Å². The summed E-state index contributed by atoms with van der Waals surface area (Å²) in [4.78, 5) is 0. The first-order valence-corrected chi connectivity index (χ1v) is 9.62. The highest BCUT2D eigenvalue weighted by Gasteiger charge is 2.07. The zero-order valence-corrected chi connectivity index (χ0v) is 16.3. The molecular formula is C23H24ClNO3. The number of aromatic hydroxyl groups is 1. The van der Waals surface area contributed by atoms with E-state index in [-0.39, 0.29) is 5.75 Å². The van der Waals surface area contributed by atoms with Crippen molar-refractivity contribution in [2.45, 2.75) is 19.1 Å². The molecule has 1 atom stereocenters. The lowest BCUT2D eigenvalue weighted by molar-refractivity contribution is 0.175. The quantitative estimate of drug-likeness (QED) is 0.465. The summed E-state index contributed by atoms with van der Waals surface area (Å²) < 4.78 is 5.75. The van der Waals surface area contributed by atoms with E-state index in [0.29, 0.717) is 18.2 Å². The molecule has 0 amide bonds. The van der Waals surface area contributed by atoms with Gasteiger partial charge in [-0.2, -0.15) is 0 Å². The largest absolute Gasteiger partial charge is 0.508 e. The minimum Gasteiger partial charge on any atom is -0.508 e. The molecule has 0 aliphatic rings. The number of aliphatic hydroxyl groups excluding tert-OH is 1. The number of halogens is 1. The average molecular weight is 398 g/mol. The van der Waals surface area contributed by atoms with Crippen LogP contribution in [0.25, 0.3) is 0 Å². The van der Waals surface area contributed by atoms with Gasteiger partial charge in [-0.15, -0.1) is 0 Å². The summed E-state index contributed by atoms with van der Waals surface area (Å²) in [5, 5.41) is 23.6. The summed E-state index contributed by atoms with van der Waals surface area (Å²) >= 11 is 5.95. The monoisotopic (exact) mass is 397 g/mol. The van der Waals surface area contributed by atoms with E-state index < -0.39 is 6.10 Å². The maximum Gasteiger partial charge on any atom is 0.119 e. The first-order chi connectivity index (χ1) is 13.6. The van der Waals surface area contributed by atoms with Crippen molar-refractivity contribution in [3.8, 4) is 11.5 Å². The molecule has 0 aromatic heterocycles. The highest BCUT2D eigenvalue weighted by Crippen LogP contribution is 2.18. The Hall–Kier alpha value is -2.53. The Morgan fingerprint density at radius 2 is 1.71 bits per heavy atom. The number of rotatable bonds is 9. The number of hydrogen-bond donors (Lipinski definition) is 3. The van der Waals surface area contributed by atoms with Crippen molar-refractivity contribution in [3.05, 3.63) is 94.5 Å². The Kier molecular flexibility index (Phi) is 7.31. The van der Waals surface area contributed by atoms with Gasteiger partial charge >= 0.3 is 0 Å². The fraction of sp³-hybridized carbons (Fsp3) is 0.217. The molecule has 0 unspecified atom stereocenters. The summed E-state index contributed by atoms with van der Waals surface area (Å²) in [6.07, 6.45) is 0.279. The van der Waals surface area contributed by atoms with Crippen LogP contribution in [0.4, 0.5) is 0 Å². The third-order valence-electron chi connectivity index (χ3n) is 4.40. The van der Waals surface area contributed by atoms with Crippen LogP contribution >= 0.6 is 11.6 Å². The maximum atomic E-state index is 10.2. The lowest BCUT2D eigenvalue weighted by Gasteiger charge is -2.13. The van der Waals surface area contributed by atoms with Gasteiger partial charge in [0.05, 0.1) is 6.10 Å². The molecule has 3 aromatic carbocycles. The molecule has 3 N–H and O–H groups in total. The second-order valence-corrected chi connectivity index (χ2v) is 7.06. The summed E-state index contributed by atoms with van der Waals surface area (Å²) in [6.45, 7) is 1.66. The standard InChI is InChI=1S/C23H24ClNO3/c24-20-5-2-4-19(14-20)23(27)15-25-12-11-17-7-9-22(10-8-17)28-16-18-3-1-6-21(26)13-18/h1-10,13-14,23,25-27H,11-12,15-16H2/t23-/m0/s1. The maximum absolute atomic E-state index is 10.2. The van der Waals surface area contributed by atoms with Crippen LogP contribution in [0, 0.1) is 0 Å². The van der Waals surface area contributed by atoms with E-state index in [9.17, 15) is 10.2 Å². The minimum absolute atomic E-state index is 0.240. The van der Waals surface area contributed by atoms with Gasteiger partial charge in [-0.25, -0.2) is 0 Å². The van der Waals surface area contributed by atoms with Gasteiger partial charge in [0.2, 0.25) is 0 Å². The first-order valence-electron chi connectivity index (χ1n) is 9.24. The molecule has 0 bridgehead atoms. The molecular weight excluding hydrogens is 374 g/mol. The van der Waals surface area contributed by atoms with Crippen molar-refractivity contribution in [1.29, 1.82) is 0 Å². The Labute approximate surface area is 170 Å². The molecule has 0 aliphatic carbocycles. The van der Waals surface area contributed by atoms with E-state index in [1.807, 2.05) is 42.5 Å². The number of aliphatic hydroxyl groups is 1. The number of benzene rings is 3. The summed E-state index contributed by atoms with van der Waals surface area (Å²) in [5.41, 5.74) is 2.93. The van der Waals surface area contributed by atoms with Gasteiger partial charge in [0.15, 0.2) is 0 Å². The molecule has 0 aliphatic heterocycles. The summed E-state index contributed by atoms with van der Waals surface area (Å²) in [7, 11) is 0. The van der Waals surface area contributed by atoms with Crippen LogP contribution in [-0.4, -0.2) is 23.3 Å². The Balaban J connectivity index is 1.39. The summed E-state index contributed by atoms with van der Waals surface area (Å²) in [6, 6.07) is 22.3. The fourth-order valence-electron chi connectivity index (χ4n) is 2.87. The van der Waals surface area contributed by atoms with Crippen molar-refractivity contribution in [1.82, 2.24) is 5.32 Å². The number of ether oxygens (including phenoxy) is 1. The molecule has 4 nitrogen and oxygen atoms in total. The van der Waals surface area contributed by atoms with E-state index in [0.717, 1.165) is 29.8 Å². The average Bonchev–Trinajstić information content (AvgIpc) is 2.70. The molecule has 3 aromatic rings. The van der Waals surface area contributed by atoms with Crippen LogP contribution in [0.5, 0.6) is 11.5 Å². The third-order valence-corrected chi connectivity index (χ3v) is 4.64. The van der Waals surface area contributed by atoms with E-state index in [1.165, 1.54) is 5.56 Å². The molecule has 0 saturated carbocycles. The zero-order chi connectivity index (χ0) is 19.8. The molecule has 0 radical (unpaired) electrons. The lowest BCUT2D eigenvalue weighted by Crippen LogP contribution is -2.23. The van der Waals surface area contributed by atoms with Gasteiger partial charge in [0.1, 0.15) is 18.1 Å². The third kappa shape index (κ3) is 6.27. The smallest absolute Gasteiger partial charge is 0.119 e. The first kappa shape index (κ1) is 20.2. The van der Waals surface area contributed by atoms with Gasteiger partial charge < -0.3 is 20.3 Å². The van der Waals surface area contributed by atoms with Crippen LogP contribution in [-0.2, 0) is 13.0 Å². The molecule has 0 heterocycles. The van der Waals surface area contributed by atoms with Gasteiger partial charge in [0.25, 0.3) is 0 Å². The topological polar surface area (TPSA) is 61.7 Å². The lowest BCUT2D eigenvalue weighted by atomic mass is 10.1. The van der Waals surface area contributed by atoms with Crippen molar-refractivity contribution >= 4 is 11.6 Å². The van der Waals surface area contributed by atoms with Crippen LogP contribution in [0.3, 0.4) is 0 Å². The molecule has 28 heavy (non-hydrogen) atoms. The van der Waals surface area contributed by atoms with Crippen molar-refractivity contribution in [2.24, 2.45) is 0 Å². The van der Waals surface area contributed by atoms with Gasteiger partial charge in [0, 0.05) is 11.6 Å². The highest BCUT2D eigenvalue weighted by atomic mass is 35.5. The molecule has 146 valence electrons. The minimum atomic E-state index is -0.577. The van der Waals surface area contributed by atoms with Crippen LogP contribution in [0.2, 0.25) is 5.02 Å². The van der Waals surface area contributed by atoms with E-state index in [4.69, 9.17) is 16.3 Å². The predicted octanol–water partition coefficient (Wildman–Crippen LogP) is 4.49. The zero-order valence-electron chi connectivity index (χ0n) is 15.5. The Morgan fingerprint density at radius 1 is 0.929 bits per heavy atom. The number of hydrogen-bond acceptors (Lipinski definition) is 4. The SMILES string of the molecule is Oc1cccc(COc2ccc(CCNC[C@H](O)c3cccc(Cl)c3)cc2)c1. The molecule has 0 spiro atoms. The Morgan fingerprint density at radius 3 is 2.46 bits per heavy atom. The molecule has 5 heteroatoms. The van der Waals surface area contributed by atoms with Gasteiger partial charge in [-0.05, 0) is 66.1 Å². The molecule has 0 fully saturated rings. The number of phenols is 1.